The molecule has 0 aromatic heterocycles. The summed E-state index contributed by atoms with van der Waals surface area (Å²) in [5.74, 6) is -0.228. The zero-order valence-electron chi connectivity index (χ0n) is 7.32. The second kappa shape index (κ2) is 7.06. The van der Waals surface area contributed by atoms with E-state index in [-0.39, 0.29) is 12.6 Å². The third-order valence-electron chi connectivity index (χ3n) is 1.61. The van der Waals surface area contributed by atoms with Gasteiger partial charge in [-0.25, -0.2) is 0 Å². The highest BCUT2D eigenvalue weighted by molar-refractivity contribution is 5.68. The van der Waals surface area contributed by atoms with Crippen LogP contribution in [0.3, 0.4) is 0 Å². The molecule has 4 heteroatoms. The van der Waals surface area contributed by atoms with Crippen LogP contribution in [0.15, 0.2) is 0 Å². The Balaban J connectivity index is 3.15. The molecule has 0 aliphatic carbocycles. The molecule has 0 aliphatic rings. The molecule has 1 atom stereocenters. The largest absolute Gasteiger partial charge is 0.469 e. The van der Waals surface area contributed by atoms with Gasteiger partial charge in [0.25, 0.3) is 0 Å². The van der Waals surface area contributed by atoms with Gasteiger partial charge in [-0.3, -0.25) is 4.79 Å². The van der Waals surface area contributed by atoms with Crippen molar-refractivity contribution in [3.05, 3.63) is 0 Å². The van der Waals surface area contributed by atoms with Gasteiger partial charge in [-0.1, -0.05) is 6.42 Å². The van der Waals surface area contributed by atoms with Crippen molar-refractivity contribution in [2.45, 2.75) is 31.8 Å². The first-order chi connectivity index (χ1) is 5.70. The topological polar surface area (TPSA) is 66.8 Å². The number of aliphatic hydroxyl groups is 2. The lowest BCUT2D eigenvalue weighted by atomic mass is 10.1. The molecule has 0 aromatic rings. The molecule has 12 heavy (non-hydrogen) atoms. The van der Waals surface area contributed by atoms with Crippen molar-refractivity contribution < 1.29 is 19.7 Å². The maximum Gasteiger partial charge on any atom is 0.305 e. The SMILES string of the molecule is COC(=O)CCCC[C@H](O)CO. The van der Waals surface area contributed by atoms with Crippen LogP contribution in [0, 0.1) is 0 Å². The summed E-state index contributed by atoms with van der Waals surface area (Å²) in [6.07, 6.45) is 1.70. The van der Waals surface area contributed by atoms with Gasteiger partial charge in [0.15, 0.2) is 0 Å². The number of aliphatic hydroxyl groups excluding tert-OH is 2. The number of hydrogen-bond acceptors (Lipinski definition) is 4. The third-order valence-corrected chi connectivity index (χ3v) is 1.61. The van der Waals surface area contributed by atoms with Gasteiger partial charge in [-0.15, -0.1) is 0 Å². The minimum Gasteiger partial charge on any atom is -0.469 e. The van der Waals surface area contributed by atoms with Crippen LogP contribution in [0.25, 0.3) is 0 Å². The Kier molecular flexibility index (Phi) is 6.70. The lowest BCUT2D eigenvalue weighted by Crippen LogP contribution is -2.11. The van der Waals surface area contributed by atoms with Crippen molar-refractivity contribution in [2.75, 3.05) is 13.7 Å². The van der Waals surface area contributed by atoms with E-state index < -0.39 is 6.10 Å². The highest BCUT2D eigenvalue weighted by Crippen LogP contribution is 2.03. The Bertz CT molecular complexity index is 124. The predicted molar refractivity (Wildman–Crippen MR) is 43.6 cm³/mol. The summed E-state index contributed by atoms with van der Waals surface area (Å²) in [7, 11) is 1.35. The van der Waals surface area contributed by atoms with Crippen molar-refractivity contribution >= 4 is 5.97 Å². The third kappa shape index (κ3) is 6.12. The standard InChI is InChI=1S/C8H16O4/c1-12-8(11)5-3-2-4-7(10)6-9/h7,9-10H,2-6H2,1H3/t7-/m0/s1. The van der Waals surface area contributed by atoms with Crippen LogP contribution in [0.2, 0.25) is 0 Å². The second-order valence-corrected chi connectivity index (χ2v) is 2.66. The molecule has 2 N–H and O–H groups in total. The van der Waals surface area contributed by atoms with Crippen LogP contribution in [0.5, 0.6) is 0 Å². The van der Waals surface area contributed by atoms with E-state index in [0.717, 1.165) is 6.42 Å². The Morgan fingerprint density at radius 2 is 2.17 bits per heavy atom. The van der Waals surface area contributed by atoms with E-state index in [9.17, 15) is 4.79 Å². The zero-order chi connectivity index (χ0) is 9.40. The van der Waals surface area contributed by atoms with Gasteiger partial charge in [-0.2, -0.15) is 0 Å². The summed E-state index contributed by atoms with van der Waals surface area (Å²) in [6, 6.07) is 0. The summed E-state index contributed by atoms with van der Waals surface area (Å²) < 4.78 is 4.43. The van der Waals surface area contributed by atoms with Crippen LogP contribution in [0.4, 0.5) is 0 Å². The number of methoxy groups -OCH3 is 1. The minimum absolute atomic E-state index is 0.210. The number of unbranched alkanes of at least 4 members (excludes halogenated alkanes) is 1. The predicted octanol–water partition coefficient (Wildman–Crippen LogP) is 0.0730. The molecule has 0 saturated heterocycles. The van der Waals surface area contributed by atoms with Crippen molar-refractivity contribution in [2.24, 2.45) is 0 Å². The van der Waals surface area contributed by atoms with E-state index in [1.165, 1.54) is 7.11 Å². The minimum atomic E-state index is -0.650. The van der Waals surface area contributed by atoms with Gasteiger partial charge in [0.05, 0.1) is 19.8 Å². The zero-order valence-corrected chi connectivity index (χ0v) is 7.32. The van der Waals surface area contributed by atoms with E-state index in [2.05, 4.69) is 4.74 Å². The number of carbonyl (C=O) groups is 1. The fourth-order valence-corrected chi connectivity index (χ4v) is 0.843. The molecule has 72 valence electrons. The number of carbonyl (C=O) groups excluding carboxylic acids is 1. The highest BCUT2D eigenvalue weighted by atomic mass is 16.5. The molecule has 0 spiro atoms. The first kappa shape index (κ1) is 11.4. The number of rotatable bonds is 6. The fourth-order valence-electron chi connectivity index (χ4n) is 0.843. The first-order valence-corrected chi connectivity index (χ1v) is 4.06. The van der Waals surface area contributed by atoms with E-state index in [1.807, 2.05) is 0 Å². The highest BCUT2D eigenvalue weighted by Gasteiger charge is 2.03. The number of ether oxygens (including phenoxy) is 1. The van der Waals surface area contributed by atoms with Gasteiger partial charge in [0.1, 0.15) is 0 Å². The summed E-state index contributed by atoms with van der Waals surface area (Å²) in [5, 5.41) is 17.4. The Hall–Kier alpha value is -0.610. The van der Waals surface area contributed by atoms with Gasteiger partial charge >= 0.3 is 5.97 Å². The van der Waals surface area contributed by atoms with Crippen molar-refractivity contribution in [1.29, 1.82) is 0 Å². The second-order valence-electron chi connectivity index (χ2n) is 2.66. The molecular formula is C8H16O4. The molecule has 0 saturated carbocycles. The molecule has 0 aliphatic heterocycles. The van der Waals surface area contributed by atoms with Crippen molar-refractivity contribution in [3.63, 3.8) is 0 Å². The van der Waals surface area contributed by atoms with Crippen LogP contribution >= 0.6 is 0 Å². The average molecular weight is 176 g/mol. The smallest absolute Gasteiger partial charge is 0.305 e. The maximum atomic E-state index is 10.6. The van der Waals surface area contributed by atoms with Crippen LogP contribution in [-0.2, 0) is 9.53 Å². The molecule has 0 rings (SSSR count). The molecule has 4 nitrogen and oxygen atoms in total. The van der Waals surface area contributed by atoms with E-state index >= 15 is 0 Å². The molecule has 0 amide bonds. The molecule has 0 unspecified atom stereocenters. The summed E-state index contributed by atoms with van der Waals surface area (Å²) >= 11 is 0. The molecule has 0 fully saturated rings. The van der Waals surface area contributed by atoms with E-state index in [0.29, 0.717) is 19.3 Å². The summed E-state index contributed by atoms with van der Waals surface area (Å²) in [5.41, 5.74) is 0. The van der Waals surface area contributed by atoms with Gasteiger partial charge in [0.2, 0.25) is 0 Å². The van der Waals surface area contributed by atoms with Crippen LogP contribution < -0.4 is 0 Å². The van der Waals surface area contributed by atoms with E-state index in [1.54, 1.807) is 0 Å². The van der Waals surface area contributed by atoms with Gasteiger partial charge in [-0.05, 0) is 12.8 Å². The van der Waals surface area contributed by atoms with Crippen molar-refractivity contribution in [3.8, 4) is 0 Å². The monoisotopic (exact) mass is 176 g/mol. The molecular weight excluding hydrogens is 160 g/mol. The van der Waals surface area contributed by atoms with E-state index in [4.69, 9.17) is 10.2 Å². The first-order valence-electron chi connectivity index (χ1n) is 4.06. The molecule has 0 aromatic carbocycles. The number of esters is 1. The van der Waals surface area contributed by atoms with Crippen LogP contribution in [-0.4, -0.2) is 36.0 Å². The average Bonchev–Trinajstić information content (AvgIpc) is 2.11. The normalized spacial score (nSPS) is 12.6. The molecule has 0 radical (unpaired) electrons. The fraction of sp³-hybridized carbons (Fsp3) is 0.875. The Morgan fingerprint density at radius 1 is 1.50 bits per heavy atom. The quantitative estimate of drug-likeness (QED) is 0.444. The van der Waals surface area contributed by atoms with Crippen LogP contribution in [0.1, 0.15) is 25.7 Å². The van der Waals surface area contributed by atoms with Gasteiger partial charge in [0, 0.05) is 6.42 Å². The Labute approximate surface area is 72.2 Å². The molecule has 0 heterocycles. The summed E-state index contributed by atoms with van der Waals surface area (Å²) in [6.45, 7) is -0.210. The Morgan fingerprint density at radius 3 is 2.67 bits per heavy atom. The number of hydrogen-bond donors (Lipinski definition) is 2. The molecule has 0 bridgehead atoms. The summed E-state index contributed by atoms with van der Waals surface area (Å²) in [4.78, 5) is 10.6. The van der Waals surface area contributed by atoms with Gasteiger partial charge < -0.3 is 14.9 Å². The lowest BCUT2D eigenvalue weighted by Gasteiger charge is -2.05. The van der Waals surface area contributed by atoms with Crippen molar-refractivity contribution in [1.82, 2.24) is 0 Å². The lowest BCUT2D eigenvalue weighted by molar-refractivity contribution is -0.140. The maximum absolute atomic E-state index is 10.6.